The van der Waals surface area contributed by atoms with Crippen LogP contribution in [-0.2, 0) is 19.8 Å². The number of ether oxygens (including phenoxy) is 1. The van der Waals surface area contributed by atoms with Crippen molar-refractivity contribution in [3.63, 3.8) is 0 Å². The lowest BCUT2D eigenvalue weighted by molar-refractivity contribution is -0.149. The molecule has 0 radical (unpaired) electrons. The Kier molecular flexibility index (Phi) is 6.95. The van der Waals surface area contributed by atoms with Gasteiger partial charge in [-0.25, -0.2) is 4.98 Å². The number of alkyl halides is 2. The molecule has 0 aliphatic carbocycles. The van der Waals surface area contributed by atoms with E-state index >= 15 is 0 Å². The van der Waals surface area contributed by atoms with Gasteiger partial charge in [0.1, 0.15) is 17.5 Å². The maximum absolute atomic E-state index is 13.6. The highest BCUT2D eigenvalue weighted by Crippen LogP contribution is 2.40. The third kappa shape index (κ3) is 5.10. The standard InChI is InChI=1S/C23H25F2N3O5/c1-13(2)15-6-4-5-7-16(15)23(11-28(12-23)18(29)10-19(30)31)21(32)27-17-9-8-14(3)26-20(17)33-22(24)25/h4-9,13,22H,10-12H2,1-3H3,(H,27,32)(H,30,31). The summed E-state index contributed by atoms with van der Waals surface area (Å²) >= 11 is 0. The number of likely N-dealkylation sites (tertiary alicyclic amines) is 1. The van der Waals surface area contributed by atoms with Gasteiger partial charge in [-0.2, -0.15) is 8.78 Å². The molecule has 176 valence electrons. The highest BCUT2D eigenvalue weighted by molar-refractivity contribution is 6.03. The number of aliphatic carboxylic acids is 1. The van der Waals surface area contributed by atoms with Gasteiger partial charge in [-0.15, -0.1) is 0 Å². The van der Waals surface area contributed by atoms with E-state index < -0.39 is 42.1 Å². The van der Waals surface area contributed by atoms with E-state index in [9.17, 15) is 23.2 Å². The lowest BCUT2D eigenvalue weighted by Crippen LogP contribution is -2.66. The van der Waals surface area contributed by atoms with Gasteiger partial charge in [0.15, 0.2) is 0 Å². The molecular weight excluding hydrogens is 436 g/mol. The Morgan fingerprint density at radius 3 is 2.45 bits per heavy atom. The molecule has 1 fully saturated rings. The summed E-state index contributed by atoms with van der Waals surface area (Å²) in [4.78, 5) is 42.0. The molecular formula is C23H25F2N3O5. The first-order valence-corrected chi connectivity index (χ1v) is 10.4. The first-order chi connectivity index (χ1) is 15.5. The summed E-state index contributed by atoms with van der Waals surface area (Å²) in [6.07, 6.45) is -0.683. The number of halogens is 2. The van der Waals surface area contributed by atoms with Crippen LogP contribution in [0, 0.1) is 6.92 Å². The number of pyridine rings is 1. The number of anilines is 1. The van der Waals surface area contributed by atoms with Crippen LogP contribution in [0.3, 0.4) is 0 Å². The van der Waals surface area contributed by atoms with E-state index in [1.54, 1.807) is 25.1 Å². The zero-order valence-electron chi connectivity index (χ0n) is 18.5. The number of amides is 2. The van der Waals surface area contributed by atoms with Crippen molar-refractivity contribution in [2.45, 2.75) is 45.1 Å². The molecule has 2 N–H and O–H groups in total. The smallest absolute Gasteiger partial charge is 0.388 e. The topological polar surface area (TPSA) is 109 Å². The number of aromatic nitrogens is 1. The predicted octanol–water partition coefficient (Wildman–Crippen LogP) is 3.31. The van der Waals surface area contributed by atoms with E-state index in [1.165, 1.54) is 11.0 Å². The maximum Gasteiger partial charge on any atom is 0.388 e. The van der Waals surface area contributed by atoms with Crippen LogP contribution >= 0.6 is 0 Å². The van der Waals surface area contributed by atoms with Gasteiger partial charge in [0.05, 0.1) is 0 Å². The van der Waals surface area contributed by atoms with Crippen molar-refractivity contribution in [3.05, 3.63) is 53.2 Å². The molecule has 1 aliphatic heterocycles. The third-order valence-electron chi connectivity index (χ3n) is 5.56. The average molecular weight is 461 g/mol. The van der Waals surface area contributed by atoms with Crippen molar-refractivity contribution in [2.24, 2.45) is 0 Å². The van der Waals surface area contributed by atoms with Crippen molar-refractivity contribution in [1.82, 2.24) is 9.88 Å². The fraction of sp³-hybridized carbons (Fsp3) is 0.391. The number of nitrogens with zero attached hydrogens (tertiary/aromatic N) is 2. The number of carboxylic acid groups (broad SMARTS) is 1. The Hall–Kier alpha value is -3.56. The molecule has 33 heavy (non-hydrogen) atoms. The average Bonchev–Trinajstić information content (AvgIpc) is 2.68. The number of hydrogen-bond donors (Lipinski definition) is 2. The molecule has 0 saturated carbocycles. The molecule has 0 unspecified atom stereocenters. The Balaban J connectivity index is 1.98. The highest BCUT2D eigenvalue weighted by atomic mass is 19.3. The molecule has 1 aliphatic rings. The number of rotatable bonds is 8. The van der Waals surface area contributed by atoms with E-state index in [4.69, 9.17) is 5.11 Å². The summed E-state index contributed by atoms with van der Waals surface area (Å²) in [5.74, 6) is -2.74. The predicted molar refractivity (Wildman–Crippen MR) is 115 cm³/mol. The molecule has 1 aromatic heterocycles. The van der Waals surface area contributed by atoms with Crippen molar-refractivity contribution < 1.29 is 33.0 Å². The van der Waals surface area contributed by atoms with Crippen molar-refractivity contribution in [3.8, 4) is 5.88 Å². The van der Waals surface area contributed by atoms with Gasteiger partial charge < -0.3 is 20.1 Å². The van der Waals surface area contributed by atoms with E-state index in [0.29, 0.717) is 11.3 Å². The van der Waals surface area contributed by atoms with Crippen molar-refractivity contribution >= 4 is 23.5 Å². The normalized spacial score (nSPS) is 14.7. The molecule has 8 nitrogen and oxygen atoms in total. The minimum atomic E-state index is -3.13. The SMILES string of the molecule is Cc1ccc(NC(=O)C2(c3ccccc3C(C)C)CN(C(=O)CC(=O)O)C2)c(OC(F)F)n1. The third-order valence-corrected chi connectivity index (χ3v) is 5.56. The van der Waals surface area contributed by atoms with Crippen molar-refractivity contribution in [1.29, 1.82) is 0 Å². The summed E-state index contributed by atoms with van der Waals surface area (Å²) in [6.45, 7) is 2.32. The Morgan fingerprint density at radius 2 is 1.85 bits per heavy atom. The van der Waals surface area contributed by atoms with Gasteiger partial charge in [0, 0.05) is 18.8 Å². The van der Waals surface area contributed by atoms with Crippen LogP contribution in [0.25, 0.3) is 0 Å². The fourth-order valence-electron chi connectivity index (χ4n) is 3.94. The van der Waals surface area contributed by atoms with Crippen LogP contribution in [0.5, 0.6) is 5.88 Å². The van der Waals surface area contributed by atoms with Gasteiger partial charge in [0.2, 0.25) is 17.7 Å². The second-order valence-corrected chi connectivity index (χ2v) is 8.28. The second-order valence-electron chi connectivity index (χ2n) is 8.28. The summed E-state index contributed by atoms with van der Waals surface area (Å²) in [5, 5.41) is 11.6. The Labute approximate surface area is 189 Å². The molecule has 2 amide bonds. The first kappa shape index (κ1) is 24.1. The van der Waals surface area contributed by atoms with Crippen LogP contribution in [0.2, 0.25) is 0 Å². The van der Waals surface area contributed by atoms with Gasteiger partial charge in [-0.1, -0.05) is 38.1 Å². The number of benzene rings is 1. The Morgan fingerprint density at radius 1 is 1.18 bits per heavy atom. The quantitative estimate of drug-likeness (QED) is 0.584. The van der Waals surface area contributed by atoms with E-state index in [-0.39, 0.29) is 24.7 Å². The Bertz CT molecular complexity index is 1070. The summed E-state index contributed by atoms with van der Waals surface area (Å²) in [7, 11) is 0. The molecule has 1 aromatic carbocycles. The fourth-order valence-corrected chi connectivity index (χ4v) is 3.94. The number of carboxylic acids is 1. The minimum Gasteiger partial charge on any atom is -0.481 e. The maximum atomic E-state index is 13.6. The molecule has 2 aromatic rings. The van der Waals surface area contributed by atoms with E-state index in [2.05, 4.69) is 15.0 Å². The number of nitrogens with one attached hydrogen (secondary N) is 1. The number of aryl methyl sites for hydroxylation is 1. The summed E-state index contributed by atoms with van der Waals surface area (Å²) in [5.41, 5.74) is 0.791. The van der Waals surface area contributed by atoms with Crippen LogP contribution in [0.4, 0.5) is 14.5 Å². The zero-order valence-corrected chi connectivity index (χ0v) is 18.5. The summed E-state index contributed by atoms with van der Waals surface area (Å²) < 4.78 is 30.2. The number of hydrogen-bond acceptors (Lipinski definition) is 5. The van der Waals surface area contributed by atoms with E-state index in [1.807, 2.05) is 26.0 Å². The summed E-state index contributed by atoms with van der Waals surface area (Å²) in [6, 6.07) is 10.3. The van der Waals surface area contributed by atoms with Gasteiger partial charge in [0.25, 0.3) is 0 Å². The van der Waals surface area contributed by atoms with Crippen molar-refractivity contribution in [2.75, 3.05) is 18.4 Å². The molecule has 0 spiro atoms. The largest absolute Gasteiger partial charge is 0.481 e. The minimum absolute atomic E-state index is 0.0254. The lowest BCUT2D eigenvalue weighted by atomic mass is 9.69. The van der Waals surface area contributed by atoms with Crippen LogP contribution in [0.15, 0.2) is 36.4 Å². The van der Waals surface area contributed by atoms with E-state index in [0.717, 1.165) is 5.56 Å². The lowest BCUT2D eigenvalue weighted by Gasteiger charge is -2.50. The molecule has 10 heteroatoms. The van der Waals surface area contributed by atoms with Crippen LogP contribution in [0.1, 0.15) is 43.0 Å². The zero-order chi connectivity index (χ0) is 24.3. The molecule has 0 atom stereocenters. The second kappa shape index (κ2) is 9.51. The molecule has 3 rings (SSSR count). The van der Waals surface area contributed by atoms with Crippen LogP contribution < -0.4 is 10.1 Å². The van der Waals surface area contributed by atoms with Gasteiger partial charge in [-0.3, -0.25) is 14.4 Å². The monoisotopic (exact) mass is 461 g/mol. The first-order valence-electron chi connectivity index (χ1n) is 10.4. The number of carbonyl (C=O) groups excluding carboxylic acids is 2. The molecule has 2 heterocycles. The highest BCUT2D eigenvalue weighted by Gasteiger charge is 2.53. The number of carbonyl (C=O) groups is 3. The molecule has 0 bridgehead atoms. The molecule has 1 saturated heterocycles. The van der Waals surface area contributed by atoms with Crippen LogP contribution in [-0.4, -0.2) is 52.5 Å². The van der Waals surface area contributed by atoms with Gasteiger partial charge >= 0.3 is 12.6 Å². The van der Waals surface area contributed by atoms with Gasteiger partial charge in [-0.05, 0) is 36.1 Å².